The zero-order chi connectivity index (χ0) is 25.1. The predicted octanol–water partition coefficient (Wildman–Crippen LogP) is 2.95. The van der Waals surface area contributed by atoms with E-state index in [0.29, 0.717) is 5.84 Å². The lowest BCUT2D eigenvalue weighted by atomic mass is 10.1. The Balaban J connectivity index is 1.25. The lowest BCUT2D eigenvalue weighted by Crippen LogP contribution is -2.50. The SMILES string of the molecule is CC(=N)N1CCN(c2ccc(-c3cc(-c4ccc(N5CCN(C(=N)N)CC5)cc4)ncn3)cc2)CC1. The number of nitrogens with zero attached hydrogens (tertiary/aromatic N) is 6. The van der Waals surface area contributed by atoms with Gasteiger partial charge in [-0.15, -0.1) is 0 Å². The van der Waals surface area contributed by atoms with Gasteiger partial charge in [-0.05, 0) is 37.3 Å². The number of amidine groups is 1. The zero-order valence-corrected chi connectivity index (χ0v) is 20.7. The van der Waals surface area contributed by atoms with Crippen LogP contribution in [0.1, 0.15) is 6.92 Å². The predicted molar refractivity (Wildman–Crippen MR) is 146 cm³/mol. The number of aromatic nitrogens is 2. The van der Waals surface area contributed by atoms with Gasteiger partial charge in [0.05, 0.1) is 17.2 Å². The minimum Gasteiger partial charge on any atom is -0.370 e. The summed E-state index contributed by atoms with van der Waals surface area (Å²) in [6.07, 6.45) is 1.63. The molecular weight excluding hydrogens is 450 g/mol. The molecular formula is C27H33N9. The highest BCUT2D eigenvalue weighted by Crippen LogP contribution is 2.27. The highest BCUT2D eigenvalue weighted by molar-refractivity contribution is 5.77. The molecule has 36 heavy (non-hydrogen) atoms. The molecule has 0 atom stereocenters. The van der Waals surface area contributed by atoms with Crippen LogP contribution in [-0.4, -0.2) is 83.9 Å². The molecule has 4 N–H and O–H groups in total. The molecule has 0 radical (unpaired) electrons. The quantitative estimate of drug-likeness (QED) is 0.386. The first kappa shape index (κ1) is 23.6. The molecule has 0 spiro atoms. The van der Waals surface area contributed by atoms with E-state index in [1.807, 2.05) is 17.9 Å². The summed E-state index contributed by atoms with van der Waals surface area (Å²) in [7, 11) is 0. The molecule has 0 unspecified atom stereocenters. The third kappa shape index (κ3) is 5.10. The van der Waals surface area contributed by atoms with Gasteiger partial charge in [-0.25, -0.2) is 9.97 Å². The van der Waals surface area contributed by atoms with Crippen molar-refractivity contribution in [1.29, 1.82) is 10.8 Å². The van der Waals surface area contributed by atoms with Crippen molar-refractivity contribution in [2.75, 3.05) is 62.2 Å². The van der Waals surface area contributed by atoms with Crippen LogP contribution in [0.3, 0.4) is 0 Å². The molecule has 2 saturated heterocycles. The summed E-state index contributed by atoms with van der Waals surface area (Å²) in [4.78, 5) is 17.8. The number of rotatable bonds is 4. The molecule has 9 nitrogen and oxygen atoms in total. The van der Waals surface area contributed by atoms with E-state index in [2.05, 4.69) is 73.2 Å². The molecule has 2 aromatic carbocycles. The summed E-state index contributed by atoms with van der Waals surface area (Å²) >= 11 is 0. The fourth-order valence-electron chi connectivity index (χ4n) is 4.86. The summed E-state index contributed by atoms with van der Waals surface area (Å²) in [5.41, 5.74) is 11.9. The first-order valence-electron chi connectivity index (χ1n) is 12.4. The molecule has 0 amide bonds. The van der Waals surface area contributed by atoms with Crippen LogP contribution >= 0.6 is 0 Å². The van der Waals surface area contributed by atoms with Crippen LogP contribution in [0.25, 0.3) is 22.5 Å². The second-order valence-corrected chi connectivity index (χ2v) is 9.30. The van der Waals surface area contributed by atoms with Gasteiger partial charge in [-0.1, -0.05) is 24.3 Å². The van der Waals surface area contributed by atoms with E-state index in [4.69, 9.17) is 16.6 Å². The van der Waals surface area contributed by atoms with Crippen molar-refractivity contribution in [2.24, 2.45) is 5.73 Å². The van der Waals surface area contributed by atoms with Crippen molar-refractivity contribution in [3.05, 3.63) is 60.9 Å². The molecule has 2 aliphatic heterocycles. The number of nitrogens with two attached hydrogens (primary N) is 1. The number of anilines is 2. The van der Waals surface area contributed by atoms with Gasteiger partial charge in [0.15, 0.2) is 5.96 Å². The van der Waals surface area contributed by atoms with Crippen LogP contribution in [0.4, 0.5) is 11.4 Å². The van der Waals surface area contributed by atoms with E-state index < -0.39 is 0 Å². The van der Waals surface area contributed by atoms with Gasteiger partial charge in [0, 0.05) is 74.9 Å². The fourth-order valence-corrected chi connectivity index (χ4v) is 4.86. The number of hydrogen-bond acceptors (Lipinski definition) is 6. The molecule has 9 heteroatoms. The summed E-state index contributed by atoms with van der Waals surface area (Å²) in [5.74, 6) is 0.794. The number of guanidine groups is 1. The monoisotopic (exact) mass is 483 g/mol. The van der Waals surface area contributed by atoms with Crippen molar-refractivity contribution in [2.45, 2.75) is 6.92 Å². The Hall–Kier alpha value is -4.14. The fraction of sp³-hybridized carbons (Fsp3) is 0.333. The summed E-state index contributed by atoms with van der Waals surface area (Å²) in [6.45, 7) is 8.73. The molecule has 186 valence electrons. The largest absolute Gasteiger partial charge is 0.370 e. The lowest BCUT2D eigenvalue weighted by molar-refractivity contribution is 0.380. The van der Waals surface area contributed by atoms with Gasteiger partial charge in [-0.2, -0.15) is 0 Å². The van der Waals surface area contributed by atoms with Crippen molar-refractivity contribution in [3.8, 4) is 22.5 Å². The van der Waals surface area contributed by atoms with E-state index in [9.17, 15) is 0 Å². The van der Waals surface area contributed by atoms with Gasteiger partial charge >= 0.3 is 0 Å². The molecule has 5 rings (SSSR count). The average Bonchev–Trinajstić information content (AvgIpc) is 2.93. The van der Waals surface area contributed by atoms with Gasteiger partial charge in [-0.3, -0.25) is 10.8 Å². The molecule has 3 heterocycles. The van der Waals surface area contributed by atoms with E-state index in [-0.39, 0.29) is 5.96 Å². The molecule has 0 bridgehead atoms. The van der Waals surface area contributed by atoms with Gasteiger partial charge in [0.25, 0.3) is 0 Å². The maximum Gasteiger partial charge on any atom is 0.188 e. The summed E-state index contributed by atoms with van der Waals surface area (Å²) < 4.78 is 0. The Morgan fingerprint density at radius 2 is 1.08 bits per heavy atom. The maximum absolute atomic E-state index is 7.82. The average molecular weight is 484 g/mol. The number of hydrogen-bond donors (Lipinski definition) is 3. The highest BCUT2D eigenvalue weighted by atomic mass is 15.3. The van der Waals surface area contributed by atoms with E-state index in [0.717, 1.165) is 74.9 Å². The van der Waals surface area contributed by atoms with Crippen molar-refractivity contribution in [1.82, 2.24) is 19.8 Å². The van der Waals surface area contributed by atoms with Crippen LogP contribution in [0.5, 0.6) is 0 Å². The first-order chi connectivity index (χ1) is 17.5. The standard InChI is InChI=1S/C27H33N9/c1-20(28)33-10-12-34(13-11-33)23-6-2-21(3-7-23)25-18-26(32-19-31-25)22-4-8-24(9-5-22)35-14-16-36(17-15-35)27(29)30/h2-9,18-19,28H,10-17H2,1H3,(H3,29,30). The molecule has 0 saturated carbocycles. The van der Waals surface area contributed by atoms with Gasteiger partial charge in [0.1, 0.15) is 6.33 Å². The van der Waals surface area contributed by atoms with Crippen LogP contribution in [-0.2, 0) is 0 Å². The first-order valence-corrected chi connectivity index (χ1v) is 12.4. The Morgan fingerprint density at radius 1 is 0.667 bits per heavy atom. The van der Waals surface area contributed by atoms with Crippen LogP contribution in [0.2, 0.25) is 0 Å². The summed E-state index contributed by atoms with van der Waals surface area (Å²) in [6, 6.07) is 19.1. The molecule has 0 aliphatic carbocycles. The zero-order valence-electron chi connectivity index (χ0n) is 20.7. The van der Waals surface area contributed by atoms with Crippen molar-refractivity contribution in [3.63, 3.8) is 0 Å². The topological polar surface area (TPSA) is 112 Å². The van der Waals surface area contributed by atoms with E-state index >= 15 is 0 Å². The van der Waals surface area contributed by atoms with Gasteiger partial charge in [0.2, 0.25) is 0 Å². The molecule has 3 aromatic rings. The lowest BCUT2D eigenvalue weighted by Gasteiger charge is -2.36. The molecule has 1 aromatic heterocycles. The minimum absolute atomic E-state index is 0.149. The van der Waals surface area contributed by atoms with Crippen molar-refractivity contribution < 1.29 is 0 Å². The minimum atomic E-state index is 0.149. The van der Waals surface area contributed by atoms with Crippen molar-refractivity contribution >= 4 is 23.2 Å². The van der Waals surface area contributed by atoms with Gasteiger partial charge < -0.3 is 25.3 Å². The van der Waals surface area contributed by atoms with Crippen LogP contribution in [0, 0.1) is 10.8 Å². The molecule has 2 aliphatic rings. The Morgan fingerprint density at radius 3 is 1.47 bits per heavy atom. The third-order valence-corrected chi connectivity index (χ3v) is 7.10. The number of benzene rings is 2. The second-order valence-electron chi connectivity index (χ2n) is 9.30. The molecule has 2 fully saturated rings. The Bertz CT molecular complexity index is 1110. The normalized spacial score (nSPS) is 16.2. The van der Waals surface area contributed by atoms with Crippen LogP contribution in [0.15, 0.2) is 60.9 Å². The number of nitrogens with one attached hydrogen (secondary N) is 2. The van der Waals surface area contributed by atoms with E-state index in [1.165, 1.54) is 11.4 Å². The van der Waals surface area contributed by atoms with Crippen LogP contribution < -0.4 is 15.5 Å². The maximum atomic E-state index is 7.82. The number of piperazine rings is 2. The Labute approximate surface area is 212 Å². The second kappa shape index (κ2) is 10.2. The Kier molecular flexibility index (Phi) is 6.71. The smallest absolute Gasteiger partial charge is 0.188 e. The summed E-state index contributed by atoms with van der Waals surface area (Å²) in [5, 5.41) is 15.4. The third-order valence-electron chi connectivity index (χ3n) is 7.10. The highest BCUT2D eigenvalue weighted by Gasteiger charge is 2.19. The van der Waals surface area contributed by atoms with E-state index in [1.54, 1.807) is 6.33 Å².